The molecule has 0 unspecified atom stereocenters. The Bertz CT molecular complexity index is 459. The lowest BCUT2D eigenvalue weighted by Crippen LogP contribution is -2.07. The van der Waals surface area contributed by atoms with Crippen molar-refractivity contribution in [2.75, 3.05) is 6.54 Å². The summed E-state index contributed by atoms with van der Waals surface area (Å²) in [6.07, 6.45) is 5.71. The number of nitrogens with one attached hydrogen (secondary N) is 1. The fraction of sp³-hybridized carbons (Fsp3) is 0.222. The number of nitrogens with zero attached hydrogens (tertiary/aromatic N) is 3. The first kappa shape index (κ1) is 11.6. The Labute approximate surface area is 94.6 Å². The fourth-order valence-corrected chi connectivity index (χ4v) is 1.35. The lowest BCUT2D eigenvalue weighted by atomic mass is 10.2. The summed E-state index contributed by atoms with van der Waals surface area (Å²) in [5.41, 5.74) is 8.47. The molecule has 1 N–H and O–H groups in total. The Morgan fingerprint density at radius 1 is 1.67 bits per heavy atom. The molecule has 78 valence electrons. The lowest BCUT2D eigenvalue weighted by molar-refractivity contribution is 0.995. The van der Waals surface area contributed by atoms with Crippen LogP contribution in [-0.2, 0) is 0 Å². The van der Waals surface area contributed by atoms with Crippen LogP contribution in [0.5, 0.6) is 0 Å². The van der Waals surface area contributed by atoms with Gasteiger partial charge in [-0.1, -0.05) is 17.3 Å². The number of hydrogen-bond donors (Lipinski definition) is 1. The molecule has 15 heavy (non-hydrogen) atoms. The van der Waals surface area contributed by atoms with Crippen LogP contribution >= 0.6 is 15.9 Å². The molecule has 5 nitrogen and oxygen atoms in total. The van der Waals surface area contributed by atoms with Crippen molar-refractivity contribution in [1.29, 1.82) is 0 Å². The summed E-state index contributed by atoms with van der Waals surface area (Å²) in [6, 6.07) is 1.73. The van der Waals surface area contributed by atoms with Gasteiger partial charge >= 0.3 is 0 Å². The Morgan fingerprint density at radius 3 is 3.20 bits per heavy atom. The van der Waals surface area contributed by atoms with Crippen LogP contribution in [-0.4, -0.2) is 11.5 Å². The summed E-state index contributed by atoms with van der Waals surface area (Å²) in [5.74, 6) is 0. The molecule has 0 aliphatic carbocycles. The van der Waals surface area contributed by atoms with Crippen LogP contribution in [0.4, 0.5) is 0 Å². The molecule has 1 heterocycles. The molecule has 1 aromatic rings. The third kappa shape index (κ3) is 4.01. The molecule has 0 spiro atoms. The minimum absolute atomic E-state index is 0.141. The molecule has 0 bridgehead atoms. The average molecular weight is 269 g/mol. The number of halogens is 1. The first-order valence-electron chi connectivity index (χ1n) is 4.29. The molecule has 1 rings (SSSR count). The second-order valence-corrected chi connectivity index (χ2v) is 3.66. The quantitative estimate of drug-likeness (QED) is 0.387. The highest BCUT2D eigenvalue weighted by Crippen LogP contribution is 2.07. The predicted octanol–water partition coefficient (Wildman–Crippen LogP) is 2.85. The zero-order valence-corrected chi connectivity index (χ0v) is 9.44. The number of azide groups is 1. The van der Waals surface area contributed by atoms with Crippen molar-refractivity contribution >= 4 is 22.0 Å². The largest absolute Gasteiger partial charge is 0.327 e. The van der Waals surface area contributed by atoms with E-state index in [1.807, 2.05) is 0 Å². The third-order valence-electron chi connectivity index (χ3n) is 1.65. The highest BCUT2D eigenvalue weighted by molar-refractivity contribution is 9.10. The van der Waals surface area contributed by atoms with E-state index >= 15 is 0 Å². The van der Waals surface area contributed by atoms with Crippen LogP contribution in [0.1, 0.15) is 12.0 Å². The van der Waals surface area contributed by atoms with E-state index in [1.165, 1.54) is 0 Å². The first-order chi connectivity index (χ1) is 7.24. The molecule has 0 aliphatic heterocycles. The zero-order valence-electron chi connectivity index (χ0n) is 7.85. The van der Waals surface area contributed by atoms with Crippen LogP contribution in [0.3, 0.4) is 0 Å². The molecule has 0 fully saturated rings. The zero-order chi connectivity index (χ0) is 11.1. The molecule has 0 saturated carbocycles. The molecule has 0 amide bonds. The van der Waals surface area contributed by atoms with Gasteiger partial charge in [0.2, 0.25) is 0 Å². The van der Waals surface area contributed by atoms with Crippen molar-refractivity contribution in [2.24, 2.45) is 5.11 Å². The van der Waals surface area contributed by atoms with Crippen molar-refractivity contribution in [3.63, 3.8) is 0 Å². The SMILES string of the molecule is [N-]=[N+]=NCCC=Cc1cc(Br)c[nH]c1=O. The Morgan fingerprint density at radius 2 is 2.47 bits per heavy atom. The number of aromatic amines is 1. The predicted molar refractivity (Wildman–Crippen MR) is 62.4 cm³/mol. The van der Waals surface area contributed by atoms with Gasteiger partial charge in [-0.15, -0.1) is 0 Å². The standard InChI is InChI=1S/C9H9BrN4O/c10-8-5-7(9(15)12-6-8)3-1-2-4-13-14-11/h1,3,5-6H,2,4H2,(H,12,15). The highest BCUT2D eigenvalue weighted by atomic mass is 79.9. The molecule has 6 heteroatoms. The third-order valence-corrected chi connectivity index (χ3v) is 2.11. The van der Waals surface area contributed by atoms with E-state index in [1.54, 1.807) is 24.4 Å². The highest BCUT2D eigenvalue weighted by Gasteiger charge is 1.94. The molecule has 0 aliphatic rings. The Balaban J connectivity index is 2.67. The smallest absolute Gasteiger partial charge is 0.255 e. The van der Waals surface area contributed by atoms with E-state index < -0.39 is 0 Å². The number of rotatable bonds is 4. The Kier molecular flexibility index (Phi) is 4.66. The van der Waals surface area contributed by atoms with Crippen LogP contribution in [0, 0.1) is 0 Å². The van der Waals surface area contributed by atoms with E-state index in [9.17, 15) is 4.79 Å². The Hall–Kier alpha value is -1.52. The van der Waals surface area contributed by atoms with Crippen LogP contribution in [0.25, 0.3) is 16.5 Å². The normalized spacial score (nSPS) is 10.2. The average Bonchev–Trinajstić information content (AvgIpc) is 2.23. The van der Waals surface area contributed by atoms with Crippen molar-refractivity contribution in [2.45, 2.75) is 6.42 Å². The summed E-state index contributed by atoms with van der Waals surface area (Å²) in [5, 5.41) is 3.38. The van der Waals surface area contributed by atoms with Gasteiger partial charge in [0.05, 0.1) is 0 Å². The molecular weight excluding hydrogens is 260 g/mol. The second-order valence-electron chi connectivity index (χ2n) is 2.75. The maximum Gasteiger partial charge on any atom is 0.255 e. The van der Waals surface area contributed by atoms with Gasteiger partial charge in [-0.25, -0.2) is 0 Å². The summed E-state index contributed by atoms with van der Waals surface area (Å²) >= 11 is 3.26. The molecular formula is C9H9BrN4O. The van der Waals surface area contributed by atoms with Gasteiger partial charge in [0.1, 0.15) is 0 Å². The van der Waals surface area contributed by atoms with E-state index in [2.05, 4.69) is 30.9 Å². The summed E-state index contributed by atoms with van der Waals surface area (Å²) < 4.78 is 0.816. The minimum atomic E-state index is -0.141. The molecule has 0 aromatic carbocycles. The molecule has 0 atom stereocenters. The molecule has 1 aromatic heterocycles. The summed E-state index contributed by atoms with van der Waals surface area (Å²) in [4.78, 5) is 16.5. The van der Waals surface area contributed by atoms with Crippen molar-refractivity contribution in [3.8, 4) is 0 Å². The van der Waals surface area contributed by atoms with Gasteiger partial charge in [0.25, 0.3) is 5.56 Å². The molecule has 0 radical (unpaired) electrons. The number of aromatic nitrogens is 1. The van der Waals surface area contributed by atoms with Gasteiger partial charge in [-0.05, 0) is 33.9 Å². The van der Waals surface area contributed by atoms with Gasteiger partial charge in [0.15, 0.2) is 0 Å². The van der Waals surface area contributed by atoms with Gasteiger partial charge in [0, 0.05) is 27.7 Å². The van der Waals surface area contributed by atoms with E-state index in [-0.39, 0.29) is 5.56 Å². The van der Waals surface area contributed by atoms with Gasteiger partial charge in [-0.3, -0.25) is 4.79 Å². The van der Waals surface area contributed by atoms with Crippen molar-refractivity contribution in [1.82, 2.24) is 4.98 Å². The van der Waals surface area contributed by atoms with Gasteiger partial charge < -0.3 is 4.98 Å². The first-order valence-corrected chi connectivity index (χ1v) is 5.09. The summed E-state index contributed by atoms with van der Waals surface area (Å²) in [6.45, 7) is 0.402. The van der Waals surface area contributed by atoms with E-state index in [0.29, 0.717) is 18.5 Å². The minimum Gasteiger partial charge on any atom is -0.327 e. The van der Waals surface area contributed by atoms with Crippen molar-refractivity contribution < 1.29 is 0 Å². The van der Waals surface area contributed by atoms with E-state index in [4.69, 9.17) is 5.53 Å². The van der Waals surface area contributed by atoms with Gasteiger partial charge in [-0.2, -0.15) is 0 Å². The monoisotopic (exact) mass is 268 g/mol. The number of hydrogen-bond acceptors (Lipinski definition) is 2. The van der Waals surface area contributed by atoms with Crippen molar-refractivity contribution in [3.05, 3.63) is 49.2 Å². The van der Waals surface area contributed by atoms with Crippen LogP contribution < -0.4 is 5.56 Å². The van der Waals surface area contributed by atoms with Crippen LogP contribution in [0.15, 0.2) is 32.7 Å². The van der Waals surface area contributed by atoms with Crippen LogP contribution in [0.2, 0.25) is 0 Å². The molecule has 0 saturated heterocycles. The second kappa shape index (κ2) is 6.06. The lowest BCUT2D eigenvalue weighted by Gasteiger charge is -1.93. The maximum atomic E-state index is 11.3. The number of pyridine rings is 1. The summed E-state index contributed by atoms with van der Waals surface area (Å²) in [7, 11) is 0. The fourth-order valence-electron chi connectivity index (χ4n) is 0.985. The maximum absolute atomic E-state index is 11.3. The van der Waals surface area contributed by atoms with E-state index in [0.717, 1.165) is 4.47 Å². The topological polar surface area (TPSA) is 81.6 Å². The number of H-pyrrole nitrogens is 1.